The van der Waals surface area contributed by atoms with Gasteiger partial charge in [0.05, 0.1) is 19.9 Å². The number of benzene rings is 2. The Morgan fingerprint density at radius 1 is 1.22 bits per heavy atom. The Bertz CT molecular complexity index is 1190. The number of amides is 1. The minimum Gasteiger partial charge on any atom is -0.505 e. The first-order chi connectivity index (χ1) is 15.4. The number of aryl methyl sites for hydroxylation is 1. The van der Waals surface area contributed by atoms with Gasteiger partial charge in [-0.3, -0.25) is 0 Å². The smallest absolute Gasteiger partial charge is 0.434 e. The zero-order valence-electron chi connectivity index (χ0n) is 17.6. The maximum atomic E-state index is 14.9. The van der Waals surface area contributed by atoms with Crippen molar-refractivity contribution < 1.29 is 28.3 Å². The summed E-state index contributed by atoms with van der Waals surface area (Å²) >= 11 is 1.06. The number of phenolic OH excluding ortho intramolecular Hbond substituents is 1. The molecule has 166 valence electrons. The summed E-state index contributed by atoms with van der Waals surface area (Å²) in [6, 6.07) is 9.25. The van der Waals surface area contributed by atoms with E-state index in [4.69, 9.17) is 9.26 Å². The molecule has 9 nitrogen and oxygen atoms in total. The number of aromatic hydroxyl groups is 1. The highest BCUT2D eigenvalue weighted by Crippen LogP contribution is 2.30. The molecule has 3 rings (SSSR count). The lowest BCUT2D eigenvalue weighted by Crippen LogP contribution is -2.16. The Labute approximate surface area is 187 Å². The zero-order valence-corrected chi connectivity index (χ0v) is 18.4. The molecule has 0 saturated heterocycles. The van der Waals surface area contributed by atoms with Crippen LogP contribution in [0.5, 0.6) is 11.5 Å². The molecule has 0 fully saturated rings. The van der Waals surface area contributed by atoms with Crippen molar-refractivity contribution in [2.45, 2.75) is 6.92 Å². The molecule has 0 spiro atoms. The normalized spacial score (nSPS) is 12.0. The molecular weight excluding hydrogens is 439 g/mol. The number of hydrogen-bond donors (Lipinski definition) is 1. The molecule has 0 radical (unpaired) electrons. The quantitative estimate of drug-likeness (QED) is 0.437. The predicted molar refractivity (Wildman–Crippen MR) is 119 cm³/mol. The van der Waals surface area contributed by atoms with Crippen molar-refractivity contribution in [2.75, 3.05) is 20.5 Å². The second-order valence-electron chi connectivity index (χ2n) is 6.24. The highest BCUT2D eigenvalue weighted by Gasteiger charge is 2.21. The van der Waals surface area contributed by atoms with Crippen molar-refractivity contribution in [2.24, 2.45) is 9.98 Å². The number of carbonyl (C=O) groups is 1. The first kappa shape index (κ1) is 22.9. The van der Waals surface area contributed by atoms with E-state index >= 15 is 0 Å². The fraction of sp³-hybridized carbons (Fsp3) is 0.190. The van der Waals surface area contributed by atoms with Crippen molar-refractivity contribution >= 4 is 34.3 Å². The third-order valence-corrected chi connectivity index (χ3v) is 4.85. The fourth-order valence-electron chi connectivity index (χ4n) is 2.65. The van der Waals surface area contributed by atoms with Crippen LogP contribution in [0.15, 0.2) is 50.9 Å². The maximum Gasteiger partial charge on any atom is 0.434 e. The van der Waals surface area contributed by atoms with Gasteiger partial charge in [0.25, 0.3) is 0 Å². The average Bonchev–Trinajstić information content (AvgIpc) is 3.24. The van der Waals surface area contributed by atoms with Crippen LogP contribution in [0.2, 0.25) is 0 Å². The van der Waals surface area contributed by atoms with Crippen LogP contribution >= 0.6 is 11.8 Å². The van der Waals surface area contributed by atoms with Gasteiger partial charge in [0.1, 0.15) is 16.5 Å². The van der Waals surface area contributed by atoms with E-state index in [1.165, 1.54) is 20.3 Å². The van der Waals surface area contributed by atoms with Gasteiger partial charge >= 0.3 is 6.09 Å². The van der Waals surface area contributed by atoms with Crippen LogP contribution in [-0.2, 0) is 4.74 Å². The molecule has 1 amide bonds. The zero-order chi connectivity index (χ0) is 23.3. The van der Waals surface area contributed by atoms with Crippen molar-refractivity contribution in [3.05, 3.63) is 53.7 Å². The number of methoxy groups -OCH3 is 2. The highest BCUT2D eigenvalue weighted by molar-refractivity contribution is 8.15. The van der Waals surface area contributed by atoms with Crippen molar-refractivity contribution in [1.82, 2.24) is 10.1 Å². The van der Waals surface area contributed by atoms with Gasteiger partial charge in [-0.05, 0) is 36.6 Å². The first-order valence-corrected chi connectivity index (χ1v) is 10.4. The van der Waals surface area contributed by atoms with Crippen molar-refractivity contribution in [1.29, 1.82) is 0 Å². The SMILES string of the molecule is COC(=O)/N=C(\SC)C(=Nc1ccc(-c2noc(C)n2)cc1)c1cc(OC)cc(O)c1F. The molecular formula is C21H19FN4O5S. The van der Waals surface area contributed by atoms with Gasteiger partial charge in [0.2, 0.25) is 11.7 Å². The van der Waals surface area contributed by atoms with E-state index in [1.54, 1.807) is 37.4 Å². The number of hydrogen-bond acceptors (Lipinski definition) is 9. The van der Waals surface area contributed by atoms with Gasteiger partial charge in [0.15, 0.2) is 11.6 Å². The van der Waals surface area contributed by atoms with Crippen LogP contribution < -0.4 is 4.74 Å². The lowest BCUT2D eigenvalue weighted by Gasteiger charge is -2.12. The molecule has 0 unspecified atom stereocenters. The monoisotopic (exact) mass is 458 g/mol. The molecule has 1 heterocycles. The lowest BCUT2D eigenvalue weighted by molar-refractivity contribution is 0.183. The van der Waals surface area contributed by atoms with Crippen LogP contribution in [0.1, 0.15) is 11.5 Å². The Hall–Kier alpha value is -3.73. The van der Waals surface area contributed by atoms with E-state index in [9.17, 15) is 14.3 Å². The molecule has 0 saturated carbocycles. The molecule has 11 heteroatoms. The Balaban J connectivity index is 2.14. The third kappa shape index (κ3) is 5.11. The number of rotatable bonds is 5. The van der Waals surface area contributed by atoms with Gasteiger partial charge in [-0.15, -0.1) is 11.8 Å². The minimum atomic E-state index is -0.935. The van der Waals surface area contributed by atoms with Crippen LogP contribution in [0.3, 0.4) is 0 Å². The molecule has 32 heavy (non-hydrogen) atoms. The largest absolute Gasteiger partial charge is 0.505 e. The third-order valence-electron chi connectivity index (χ3n) is 4.18. The topological polar surface area (TPSA) is 119 Å². The number of halogens is 1. The maximum absolute atomic E-state index is 14.9. The average molecular weight is 458 g/mol. The molecule has 0 aliphatic carbocycles. The predicted octanol–water partition coefficient (Wildman–Crippen LogP) is 4.55. The molecule has 3 aromatic rings. The van der Waals surface area contributed by atoms with E-state index in [0.29, 0.717) is 23.0 Å². The number of nitrogens with zero attached hydrogens (tertiary/aromatic N) is 4. The number of thioether (sulfide) groups is 1. The van der Waals surface area contributed by atoms with Crippen LogP contribution in [-0.4, -0.2) is 52.6 Å². The minimum absolute atomic E-state index is 0.0118. The summed E-state index contributed by atoms with van der Waals surface area (Å²) in [5, 5.41) is 13.9. The molecule has 0 bridgehead atoms. The number of aliphatic imine (C=N–C) groups is 2. The number of carbonyl (C=O) groups excluding carboxylic acids is 1. The number of ether oxygens (including phenoxy) is 2. The summed E-state index contributed by atoms with van der Waals surface area (Å²) in [4.78, 5) is 24.3. The summed E-state index contributed by atoms with van der Waals surface area (Å²) in [7, 11) is 2.56. The van der Waals surface area contributed by atoms with E-state index in [2.05, 4.69) is 24.9 Å². The molecule has 1 aromatic heterocycles. The summed E-state index contributed by atoms with van der Waals surface area (Å²) in [5.74, 6) is -0.517. The Morgan fingerprint density at radius 2 is 1.94 bits per heavy atom. The number of phenols is 1. The molecule has 2 aromatic carbocycles. The van der Waals surface area contributed by atoms with Crippen LogP contribution in [0.25, 0.3) is 11.4 Å². The number of aromatic nitrogens is 2. The van der Waals surface area contributed by atoms with E-state index in [0.717, 1.165) is 17.8 Å². The second-order valence-corrected chi connectivity index (χ2v) is 7.04. The van der Waals surface area contributed by atoms with Crippen LogP contribution in [0, 0.1) is 12.7 Å². The highest BCUT2D eigenvalue weighted by atomic mass is 32.2. The van der Waals surface area contributed by atoms with E-state index in [1.807, 2.05) is 0 Å². The van der Waals surface area contributed by atoms with Gasteiger partial charge in [-0.1, -0.05) is 5.16 Å². The molecule has 0 atom stereocenters. The van der Waals surface area contributed by atoms with Crippen molar-refractivity contribution in [3.8, 4) is 22.9 Å². The summed E-state index contributed by atoms with van der Waals surface area (Å²) < 4.78 is 29.6. The van der Waals surface area contributed by atoms with Gasteiger partial charge in [-0.25, -0.2) is 14.2 Å². The Kier molecular flexibility index (Phi) is 7.21. The molecule has 0 aliphatic rings. The van der Waals surface area contributed by atoms with Crippen molar-refractivity contribution in [3.63, 3.8) is 0 Å². The standard InChI is InChI=1S/C21H19FN4O5S/c1-11-23-19(26-31-11)12-5-7-13(8-6-12)24-18(20(32-4)25-21(28)30-3)15-9-14(29-2)10-16(27)17(15)22/h5-10,27H,1-4H3/b24-18?,25-20-. The van der Waals surface area contributed by atoms with Crippen LogP contribution in [0.4, 0.5) is 14.9 Å². The van der Waals surface area contributed by atoms with Gasteiger partial charge in [-0.2, -0.15) is 9.98 Å². The van der Waals surface area contributed by atoms with E-state index < -0.39 is 17.7 Å². The summed E-state index contributed by atoms with van der Waals surface area (Å²) in [6.45, 7) is 1.68. The fourth-order valence-corrected chi connectivity index (χ4v) is 3.17. The Morgan fingerprint density at radius 3 is 2.50 bits per heavy atom. The lowest BCUT2D eigenvalue weighted by atomic mass is 10.1. The molecule has 0 aliphatic heterocycles. The summed E-state index contributed by atoms with van der Waals surface area (Å²) in [5.41, 5.74) is 1.03. The van der Waals surface area contributed by atoms with E-state index in [-0.39, 0.29) is 22.1 Å². The molecule has 1 N–H and O–H groups in total. The van der Waals surface area contributed by atoms with Gasteiger partial charge in [0, 0.05) is 24.1 Å². The summed E-state index contributed by atoms with van der Waals surface area (Å²) in [6.07, 6.45) is 0.772. The first-order valence-electron chi connectivity index (χ1n) is 9.13. The second kappa shape index (κ2) is 10.1. The van der Waals surface area contributed by atoms with Gasteiger partial charge < -0.3 is 19.1 Å².